The van der Waals surface area contributed by atoms with Gasteiger partial charge in [-0.2, -0.15) is 0 Å². The van der Waals surface area contributed by atoms with E-state index in [4.69, 9.17) is 0 Å². The molecule has 0 bridgehead atoms. The highest BCUT2D eigenvalue weighted by Crippen LogP contribution is 2.64. The molecule has 0 aliphatic heterocycles. The van der Waals surface area contributed by atoms with Crippen LogP contribution in [0.3, 0.4) is 0 Å². The Morgan fingerprint density at radius 2 is 1.46 bits per heavy atom. The van der Waals surface area contributed by atoms with Gasteiger partial charge in [0, 0.05) is 16.9 Å². The van der Waals surface area contributed by atoms with E-state index in [0.717, 1.165) is 10.5 Å². The van der Waals surface area contributed by atoms with Gasteiger partial charge < -0.3 is 0 Å². The molecule has 4 nitrogen and oxygen atoms in total. The van der Waals surface area contributed by atoms with E-state index in [1.165, 1.54) is 11.4 Å². The third-order valence-electron chi connectivity index (χ3n) is 3.65. The second-order valence-corrected chi connectivity index (χ2v) is 11.0. The quantitative estimate of drug-likeness (QED) is 0.538. The second kappa shape index (κ2) is 8.13. The minimum absolute atomic E-state index is 0.0631. The standard InChI is InChI=1S/C18H23N2O2PS/c1-19(2)23(22,20(3)4)24-18-13-9-8-12-16(18)14-17(21)15-10-6-5-7-11-15/h5-13H,14H2,1-4H3. The van der Waals surface area contributed by atoms with Crippen molar-refractivity contribution in [2.45, 2.75) is 11.3 Å². The van der Waals surface area contributed by atoms with Crippen LogP contribution in [0.15, 0.2) is 59.5 Å². The fraction of sp³-hybridized carbons (Fsp3) is 0.278. The van der Waals surface area contributed by atoms with Crippen molar-refractivity contribution in [3.05, 3.63) is 65.7 Å². The van der Waals surface area contributed by atoms with E-state index in [1.54, 1.807) is 9.34 Å². The smallest absolute Gasteiger partial charge is 0.275 e. The Balaban J connectivity index is 2.28. The molecule has 0 unspecified atom stereocenters. The lowest BCUT2D eigenvalue weighted by atomic mass is 10.0. The first-order valence-corrected chi connectivity index (χ1v) is 10.7. The molecule has 0 saturated heterocycles. The topological polar surface area (TPSA) is 40.6 Å². The van der Waals surface area contributed by atoms with Gasteiger partial charge in [0.2, 0.25) is 0 Å². The number of Topliss-reactive ketones (excluding diaryl/α,β-unsaturated/α-hetero) is 1. The summed E-state index contributed by atoms with van der Waals surface area (Å²) >= 11 is 1.33. The van der Waals surface area contributed by atoms with Gasteiger partial charge in [-0.05, 0) is 51.2 Å². The maximum absolute atomic E-state index is 13.2. The summed E-state index contributed by atoms with van der Waals surface area (Å²) in [6.45, 7) is -2.76. The molecule has 0 aliphatic carbocycles. The van der Waals surface area contributed by atoms with E-state index in [1.807, 2.05) is 82.8 Å². The maximum atomic E-state index is 13.2. The van der Waals surface area contributed by atoms with Crippen molar-refractivity contribution in [3.8, 4) is 0 Å². The summed E-state index contributed by atoms with van der Waals surface area (Å²) in [5.74, 6) is 0.0631. The number of carbonyl (C=O) groups excluding carboxylic acids is 1. The molecule has 0 amide bonds. The SMILES string of the molecule is CN(C)P(=O)(Sc1ccccc1CC(=O)c1ccccc1)N(C)C. The van der Waals surface area contributed by atoms with Gasteiger partial charge in [0.25, 0.3) is 6.65 Å². The molecule has 0 atom stereocenters. The zero-order valence-corrected chi connectivity index (χ0v) is 16.2. The third kappa shape index (κ3) is 4.37. The number of benzene rings is 2. The lowest BCUT2D eigenvalue weighted by Gasteiger charge is -2.30. The van der Waals surface area contributed by atoms with Crippen molar-refractivity contribution in [1.29, 1.82) is 0 Å². The number of hydrogen-bond acceptors (Lipinski definition) is 3. The van der Waals surface area contributed by atoms with Crippen LogP contribution in [-0.4, -0.2) is 43.3 Å². The molecule has 2 rings (SSSR count). The van der Waals surface area contributed by atoms with Crippen LogP contribution < -0.4 is 0 Å². The van der Waals surface area contributed by atoms with Crippen molar-refractivity contribution in [2.24, 2.45) is 0 Å². The van der Waals surface area contributed by atoms with Gasteiger partial charge in [0.15, 0.2) is 5.78 Å². The molecule has 0 saturated carbocycles. The lowest BCUT2D eigenvalue weighted by Crippen LogP contribution is -2.18. The summed E-state index contributed by atoms with van der Waals surface area (Å²) in [5.41, 5.74) is 1.60. The largest absolute Gasteiger partial charge is 0.294 e. The van der Waals surface area contributed by atoms with E-state index >= 15 is 0 Å². The van der Waals surface area contributed by atoms with Crippen molar-refractivity contribution in [2.75, 3.05) is 28.2 Å². The first-order chi connectivity index (χ1) is 11.3. The number of rotatable bonds is 7. The van der Waals surface area contributed by atoms with Gasteiger partial charge in [-0.3, -0.25) is 9.36 Å². The van der Waals surface area contributed by atoms with Gasteiger partial charge >= 0.3 is 0 Å². The van der Waals surface area contributed by atoms with E-state index in [-0.39, 0.29) is 5.78 Å². The fourth-order valence-electron chi connectivity index (χ4n) is 2.29. The summed E-state index contributed by atoms with van der Waals surface area (Å²) in [5, 5.41) is 0. The minimum atomic E-state index is -2.76. The summed E-state index contributed by atoms with van der Waals surface area (Å²) in [4.78, 5) is 13.4. The lowest BCUT2D eigenvalue weighted by molar-refractivity contribution is 0.0992. The summed E-state index contributed by atoms with van der Waals surface area (Å²) in [6.07, 6.45) is 0.300. The highest BCUT2D eigenvalue weighted by molar-refractivity contribution is 8.56. The van der Waals surface area contributed by atoms with Crippen molar-refractivity contribution < 1.29 is 9.36 Å². The molecular formula is C18H23N2O2PS. The molecule has 0 aromatic heterocycles. The Hall–Kier alpha value is -1.39. The van der Waals surface area contributed by atoms with Crippen molar-refractivity contribution in [3.63, 3.8) is 0 Å². The molecule has 6 heteroatoms. The molecule has 128 valence electrons. The van der Waals surface area contributed by atoms with E-state index in [2.05, 4.69) is 0 Å². The van der Waals surface area contributed by atoms with Gasteiger partial charge in [-0.25, -0.2) is 9.34 Å². The Kier molecular flexibility index (Phi) is 6.41. The van der Waals surface area contributed by atoms with Gasteiger partial charge in [-0.1, -0.05) is 48.5 Å². The number of ketones is 1. The molecule has 0 fully saturated rings. The maximum Gasteiger partial charge on any atom is 0.275 e. The average molecular weight is 362 g/mol. The highest BCUT2D eigenvalue weighted by Gasteiger charge is 2.30. The van der Waals surface area contributed by atoms with Crippen LogP contribution in [0.2, 0.25) is 0 Å². The molecule has 2 aromatic rings. The second-order valence-electron chi connectivity index (χ2n) is 5.85. The van der Waals surface area contributed by atoms with Crippen LogP contribution in [0.25, 0.3) is 0 Å². The minimum Gasteiger partial charge on any atom is -0.294 e. The molecule has 24 heavy (non-hydrogen) atoms. The van der Waals surface area contributed by atoms with Crippen LogP contribution in [0.5, 0.6) is 0 Å². The highest BCUT2D eigenvalue weighted by atomic mass is 32.7. The Bertz CT molecular complexity index is 736. The van der Waals surface area contributed by atoms with Crippen LogP contribution in [0.1, 0.15) is 15.9 Å². The van der Waals surface area contributed by atoms with Crippen molar-refractivity contribution >= 4 is 23.8 Å². The van der Waals surface area contributed by atoms with E-state index < -0.39 is 6.65 Å². The zero-order valence-electron chi connectivity index (χ0n) is 14.5. The van der Waals surface area contributed by atoms with E-state index in [0.29, 0.717) is 12.0 Å². The van der Waals surface area contributed by atoms with Crippen LogP contribution in [-0.2, 0) is 11.0 Å². The third-order valence-corrected chi connectivity index (χ3v) is 9.77. The summed E-state index contributed by atoms with van der Waals surface area (Å²) in [7, 11) is 7.24. The zero-order chi connectivity index (χ0) is 17.7. The molecule has 0 heterocycles. The van der Waals surface area contributed by atoms with Gasteiger partial charge in [0.1, 0.15) is 0 Å². The van der Waals surface area contributed by atoms with Crippen LogP contribution in [0.4, 0.5) is 0 Å². The molecule has 0 radical (unpaired) electrons. The molecule has 0 N–H and O–H groups in total. The molecule has 2 aromatic carbocycles. The molecule has 0 aliphatic rings. The fourth-order valence-corrected chi connectivity index (χ4v) is 6.27. The normalized spacial score (nSPS) is 11.9. The van der Waals surface area contributed by atoms with E-state index in [9.17, 15) is 9.36 Å². The first-order valence-electron chi connectivity index (χ1n) is 7.66. The number of nitrogens with zero attached hydrogens (tertiary/aromatic N) is 2. The number of carbonyl (C=O) groups is 1. The average Bonchev–Trinajstić information content (AvgIpc) is 2.57. The van der Waals surface area contributed by atoms with Crippen molar-refractivity contribution in [1.82, 2.24) is 9.34 Å². The Labute approximate surface area is 148 Å². The van der Waals surface area contributed by atoms with Crippen LogP contribution >= 0.6 is 18.0 Å². The Morgan fingerprint density at radius 3 is 2.04 bits per heavy atom. The predicted octanol–water partition coefficient (Wildman–Crippen LogP) is 4.44. The first kappa shape index (κ1) is 18.9. The van der Waals surface area contributed by atoms with Crippen LogP contribution in [0, 0.1) is 0 Å². The summed E-state index contributed by atoms with van der Waals surface area (Å²) in [6, 6.07) is 16.9. The Morgan fingerprint density at radius 1 is 0.917 bits per heavy atom. The molecule has 0 spiro atoms. The van der Waals surface area contributed by atoms with Gasteiger partial charge in [-0.15, -0.1) is 0 Å². The number of hydrogen-bond donors (Lipinski definition) is 0. The monoisotopic (exact) mass is 362 g/mol. The van der Waals surface area contributed by atoms with Gasteiger partial charge in [0.05, 0.1) is 0 Å². The molecular weight excluding hydrogens is 339 g/mol. The summed E-state index contributed by atoms with van der Waals surface area (Å²) < 4.78 is 16.7. The predicted molar refractivity (Wildman–Crippen MR) is 102 cm³/mol.